The van der Waals surface area contributed by atoms with E-state index in [-0.39, 0.29) is 15.5 Å². The van der Waals surface area contributed by atoms with Crippen molar-refractivity contribution in [3.05, 3.63) is 23.8 Å². The van der Waals surface area contributed by atoms with Crippen LogP contribution in [0, 0.1) is 0 Å². The Hall–Kier alpha value is -0.590. The Balaban J connectivity index is 2.66. The second-order valence-corrected chi connectivity index (χ2v) is 7.92. The minimum atomic E-state index is -3.78. The molecule has 4 nitrogen and oxygen atoms in total. The average Bonchev–Trinajstić information content (AvgIpc) is 2.41. The van der Waals surface area contributed by atoms with Gasteiger partial charge in [0.05, 0.1) is 15.5 Å². The molecule has 0 spiro atoms. The second-order valence-electron chi connectivity index (χ2n) is 3.28. The standard InChI is InChI=1S/C8H7ClO4S2/c9-15(12,13)7-1-2-8-6(5-7)3-4-14(8,10)11/h1-2,5H,3-4H2. The van der Waals surface area contributed by atoms with Gasteiger partial charge in [-0.2, -0.15) is 0 Å². The summed E-state index contributed by atoms with van der Waals surface area (Å²) in [6.45, 7) is 0. The molecule has 1 heterocycles. The van der Waals surface area contributed by atoms with Crippen LogP contribution in [0.1, 0.15) is 5.56 Å². The highest BCUT2D eigenvalue weighted by Gasteiger charge is 2.27. The number of hydrogen-bond acceptors (Lipinski definition) is 4. The van der Waals surface area contributed by atoms with Crippen molar-refractivity contribution in [3.63, 3.8) is 0 Å². The number of halogens is 1. The molecule has 0 saturated heterocycles. The van der Waals surface area contributed by atoms with Gasteiger partial charge in [-0.25, -0.2) is 16.8 Å². The zero-order chi connectivity index (χ0) is 11.3. The van der Waals surface area contributed by atoms with Crippen LogP contribution in [0.4, 0.5) is 0 Å². The van der Waals surface area contributed by atoms with Gasteiger partial charge in [-0.05, 0) is 30.2 Å². The lowest BCUT2D eigenvalue weighted by atomic mass is 10.2. The number of benzene rings is 1. The first kappa shape index (κ1) is 10.9. The summed E-state index contributed by atoms with van der Waals surface area (Å²) in [7, 11) is -1.84. The molecule has 0 radical (unpaired) electrons. The summed E-state index contributed by atoms with van der Waals surface area (Å²) in [5.41, 5.74) is 0.525. The van der Waals surface area contributed by atoms with Crippen LogP contribution in [0.15, 0.2) is 28.0 Å². The van der Waals surface area contributed by atoms with E-state index in [1.165, 1.54) is 18.2 Å². The van der Waals surface area contributed by atoms with Gasteiger partial charge in [0.25, 0.3) is 9.05 Å². The van der Waals surface area contributed by atoms with Crippen molar-refractivity contribution in [1.82, 2.24) is 0 Å². The van der Waals surface area contributed by atoms with Crippen LogP contribution in [0.2, 0.25) is 0 Å². The highest BCUT2D eigenvalue weighted by atomic mass is 35.7. The molecule has 0 unspecified atom stereocenters. The lowest BCUT2D eigenvalue weighted by Crippen LogP contribution is -1.98. The predicted octanol–water partition coefficient (Wildman–Crippen LogP) is 0.944. The van der Waals surface area contributed by atoms with Crippen LogP contribution >= 0.6 is 10.7 Å². The van der Waals surface area contributed by atoms with Gasteiger partial charge in [0.2, 0.25) is 0 Å². The molecule has 0 fully saturated rings. The highest BCUT2D eigenvalue weighted by Crippen LogP contribution is 2.28. The fraction of sp³-hybridized carbons (Fsp3) is 0.250. The quantitative estimate of drug-likeness (QED) is 0.710. The van der Waals surface area contributed by atoms with Crippen molar-refractivity contribution in [2.24, 2.45) is 0 Å². The molecule has 1 aromatic rings. The third-order valence-corrected chi connectivity index (χ3v) is 5.45. The molecule has 0 amide bonds. The van der Waals surface area contributed by atoms with E-state index in [1.54, 1.807) is 0 Å². The molecular weight excluding hydrogens is 260 g/mol. The summed E-state index contributed by atoms with van der Waals surface area (Å²) >= 11 is 0. The lowest BCUT2D eigenvalue weighted by Gasteiger charge is -2.00. The molecule has 0 saturated carbocycles. The Morgan fingerprint density at radius 1 is 1.27 bits per heavy atom. The van der Waals surface area contributed by atoms with Crippen LogP contribution in [0.3, 0.4) is 0 Å². The molecule has 1 aliphatic heterocycles. The van der Waals surface area contributed by atoms with Crippen molar-refractivity contribution in [3.8, 4) is 0 Å². The summed E-state index contributed by atoms with van der Waals surface area (Å²) in [5, 5.41) is 0. The second kappa shape index (κ2) is 3.20. The van der Waals surface area contributed by atoms with E-state index >= 15 is 0 Å². The lowest BCUT2D eigenvalue weighted by molar-refractivity contribution is 0.599. The third kappa shape index (κ3) is 1.89. The molecule has 0 atom stereocenters. The Morgan fingerprint density at radius 2 is 1.93 bits per heavy atom. The Labute approximate surface area is 92.2 Å². The summed E-state index contributed by atoms with van der Waals surface area (Å²) in [6, 6.07) is 3.83. The first-order valence-electron chi connectivity index (χ1n) is 4.11. The van der Waals surface area contributed by atoms with Gasteiger partial charge in [-0.1, -0.05) is 0 Å². The fourth-order valence-electron chi connectivity index (χ4n) is 1.56. The molecule has 0 aliphatic carbocycles. The smallest absolute Gasteiger partial charge is 0.224 e. The van der Waals surface area contributed by atoms with E-state index in [4.69, 9.17) is 10.7 Å². The maximum Gasteiger partial charge on any atom is 0.261 e. The zero-order valence-electron chi connectivity index (χ0n) is 7.47. The van der Waals surface area contributed by atoms with Gasteiger partial charge in [-0.3, -0.25) is 0 Å². The summed E-state index contributed by atoms with van der Waals surface area (Å²) in [5.74, 6) is 0.0358. The van der Waals surface area contributed by atoms with Crippen molar-refractivity contribution in [1.29, 1.82) is 0 Å². The number of hydrogen-bond donors (Lipinski definition) is 0. The molecule has 7 heteroatoms. The van der Waals surface area contributed by atoms with Crippen LogP contribution in [0.25, 0.3) is 0 Å². The first-order valence-corrected chi connectivity index (χ1v) is 8.07. The average molecular weight is 267 g/mol. The largest absolute Gasteiger partial charge is 0.261 e. The topological polar surface area (TPSA) is 68.3 Å². The number of fused-ring (bicyclic) bond motifs is 1. The van der Waals surface area contributed by atoms with Crippen molar-refractivity contribution in [2.75, 3.05) is 5.75 Å². The Kier molecular flexibility index (Phi) is 2.33. The Morgan fingerprint density at radius 3 is 2.53 bits per heavy atom. The van der Waals surface area contributed by atoms with Gasteiger partial charge >= 0.3 is 0 Å². The van der Waals surface area contributed by atoms with E-state index in [0.29, 0.717) is 12.0 Å². The molecule has 1 aliphatic rings. The SMILES string of the molecule is O=S(=O)(Cl)c1ccc2c(c1)CCS2(=O)=O. The molecule has 82 valence electrons. The zero-order valence-corrected chi connectivity index (χ0v) is 9.86. The monoisotopic (exact) mass is 266 g/mol. The predicted molar refractivity (Wildman–Crippen MR) is 55.2 cm³/mol. The van der Waals surface area contributed by atoms with Crippen molar-refractivity contribution in [2.45, 2.75) is 16.2 Å². The maximum absolute atomic E-state index is 11.4. The molecular formula is C8H7ClO4S2. The number of sulfone groups is 1. The third-order valence-electron chi connectivity index (χ3n) is 2.29. The van der Waals surface area contributed by atoms with Gasteiger partial charge in [0, 0.05) is 10.7 Å². The molecule has 0 aromatic heterocycles. The van der Waals surface area contributed by atoms with Gasteiger partial charge in [0.1, 0.15) is 0 Å². The van der Waals surface area contributed by atoms with Crippen molar-refractivity contribution >= 4 is 29.6 Å². The minimum absolute atomic E-state index is 0.0358. The van der Waals surface area contributed by atoms with Crippen LogP contribution in [0.5, 0.6) is 0 Å². The maximum atomic E-state index is 11.4. The first-order chi connectivity index (χ1) is 6.81. The van der Waals surface area contributed by atoms with E-state index in [1.807, 2.05) is 0 Å². The number of rotatable bonds is 1. The fourth-order valence-corrected chi connectivity index (χ4v) is 3.91. The highest BCUT2D eigenvalue weighted by molar-refractivity contribution is 8.13. The normalized spacial score (nSPS) is 18.7. The summed E-state index contributed by atoms with van der Waals surface area (Å²) < 4.78 is 44.9. The molecule has 1 aromatic carbocycles. The molecule has 0 bridgehead atoms. The summed E-state index contributed by atoms with van der Waals surface area (Å²) in [4.78, 5) is 0.159. The number of aryl methyl sites for hydroxylation is 1. The van der Waals surface area contributed by atoms with Gasteiger partial charge < -0.3 is 0 Å². The van der Waals surface area contributed by atoms with E-state index in [0.717, 1.165) is 0 Å². The van der Waals surface area contributed by atoms with Crippen molar-refractivity contribution < 1.29 is 16.8 Å². The Bertz CT molecular complexity index is 616. The molecule has 2 rings (SSSR count). The minimum Gasteiger partial charge on any atom is -0.224 e. The van der Waals surface area contributed by atoms with Crippen LogP contribution < -0.4 is 0 Å². The summed E-state index contributed by atoms with van der Waals surface area (Å²) in [6.07, 6.45) is 0.345. The molecule has 15 heavy (non-hydrogen) atoms. The van der Waals surface area contributed by atoms with Gasteiger partial charge in [0.15, 0.2) is 9.84 Å². The van der Waals surface area contributed by atoms with E-state index in [9.17, 15) is 16.8 Å². The van der Waals surface area contributed by atoms with Gasteiger partial charge in [-0.15, -0.1) is 0 Å². The van der Waals surface area contributed by atoms with Crippen LogP contribution in [-0.4, -0.2) is 22.6 Å². The van der Waals surface area contributed by atoms with E-state index < -0.39 is 18.9 Å². The van der Waals surface area contributed by atoms with Crippen LogP contribution in [-0.2, 0) is 25.3 Å². The molecule has 0 N–H and O–H groups in total. The van der Waals surface area contributed by atoms with E-state index in [2.05, 4.69) is 0 Å².